The molecule has 30 heavy (non-hydrogen) atoms. The summed E-state index contributed by atoms with van der Waals surface area (Å²) in [4.78, 5) is 25.5. The van der Waals surface area contributed by atoms with Gasteiger partial charge in [-0.25, -0.2) is 4.79 Å². The smallest absolute Gasteiger partial charge is 0.328 e. The standard InChI is InChI=1S/C25H26N2O3/c1-30-25(29)22(17-19-11-5-2-6-12-19)27-24(28)23(21-15-9-4-10-16-21)26-18-20-13-7-3-8-14-20/h2-16,22-23,26H,17-18H2,1H3,(H,27,28)/t22-,23+/m0/s1. The predicted octanol–water partition coefficient (Wildman–Crippen LogP) is 3.42. The molecule has 0 spiro atoms. The van der Waals surface area contributed by atoms with Gasteiger partial charge in [0.25, 0.3) is 0 Å². The van der Waals surface area contributed by atoms with Crippen LogP contribution in [0.3, 0.4) is 0 Å². The van der Waals surface area contributed by atoms with Crippen molar-refractivity contribution in [2.45, 2.75) is 25.0 Å². The number of carbonyl (C=O) groups excluding carboxylic acids is 2. The lowest BCUT2D eigenvalue weighted by molar-refractivity contribution is -0.145. The second-order valence-corrected chi connectivity index (χ2v) is 6.98. The van der Waals surface area contributed by atoms with Gasteiger partial charge in [0, 0.05) is 13.0 Å². The van der Waals surface area contributed by atoms with E-state index in [-0.39, 0.29) is 5.91 Å². The van der Waals surface area contributed by atoms with Gasteiger partial charge in [-0.1, -0.05) is 91.0 Å². The van der Waals surface area contributed by atoms with Gasteiger partial charge in [0.15, 0.2) is 0 Å². The van der Waals surface area contributed by atoms with Crippen molar-refractivity contribution >= 4 is 11.9 Å². The van der Waals surface area contributed by atoms with Crippen LogP contribution in [-0.4, -0.2) is 25.0 Å². The van der Waals surface area contributed by atoms with Crippen LogP contribution in [0.2, 0.25) is 0 Å². The van der Waals surface area contributed by atoms with Crippen LogP contribution in [0.1, 0.15) is 22.7 Å². The van der Waals surface area contributed by atoms with E-state index in [1.165, 1.54) is 7.11 Å². The molecule has 0 unspecified atom stereocenters. The van der Waals surface area contributed by atoms with Crippen molar-refractivity contribution in [1.82, 2.24) is 10.6 Å². The van der Waals surface area contributed by atoms with E-state index in [4.69, 9.17) is 4.74 Å². The summed E-state index contributed by atoms with van der Waals surface area (Å²) in [5.74, 6) is -0.745. The van der Waals surface area contributed by atoms with E-state index in [1.54, 1.807) is 0 Å². The molecule has 1 amide bonds. The molecule has 0 aliphatic heterocycles. The molecular formula is C25H26N2O3. The van der Waals surface area contributed by atoms with Crippen molar-refractivity contribution in [2.24, 2.45) is 0 Å². The van der Waals surface area contributed by atoms with Crippen molar-refractivity contribution in [3.05, 3.63) is 108 Å². The minimum atomic E-state index is -0.769. The highest BCUT2D eigenvalue weighted by atomic mass is 16.5. The Kier molecular flexibility index (Phi) is 7.75. The molecular weight excluding hydrogens is 376 g/mol. The zero-order valence-electron chi connectivity index (χ0n) is 17.0. The second-order valence-electron chi connectivity index (χ2n) is 6.98. The Morgan fingerprint density at radius 3 is 1.90 bits per heavy atom. The maximum atomic E-state index is 13.2. The third kappa shape index (κ3) is 6.03. The molecule has 2 atom stereocenters. The summed E-state index contributed by atoms with van der Waals surface area (Å²) < 4.78 is 4.93. The van der Waals surface area contributed by atoms with Gasteiger partial charge in [-0.15, -0.1) is 0 Å². The minimum Gasteiger partial charge on any atom is -0.467 e. The van der Waals surface area contributed by atoms with E-state index < -0.39 is 18.1 Å². The van der Waals surface area contributed by atoms with E-state index in [0.717, 1.165) is 16.7 Å². The van der Waals surface area contributed by atoms with E-state index >= 15 is 0 Å². The number of hydrogen-bond acceptors (Lipinski definition) is 4. The highest BCUT2D eigenvalue weighted by Crippen LogP contribution is 2.15. The molecule has 5 heteroatoms. The summed E-state index contributed by atoms with van der Waals surface area (Å²) in [7, 11) is 1.33. The van der Waals surface area contributed by atoms with Gasteiger partial charge in [0.1, 0.15) is 12.1 Å². The van der Waals surface area contributed by atoms with Crippen LogP contribution in [-0.2, 0) is 27.3 Å². The number of esters is 1. The monoisotopic (exact) mass is 402 g/mol. The number of methoxy groups -OCH3 is 1. The SMILES string of the molecule is COC(=O)[C@H](Cc1ccccc1)NC(=O)[C@H](NCc1ccccc1)c1ccccc1. The highest BCUT2D eigenvalue weighted by molar-refractivity contribution is 5.88. The van der Waals surface area contributed by atoms with Crippen LogP contribution < -0.4 is 10.6 Å². The number of nitrogens with one attached hydrogen (secondary N) is 2. The summed E-state index contributed by atoms with van der Waals surface area (Å²) in [6.07, 6.45) is 0.361. The maximum absolute atomic E-state index is 13.2. The molecule has 0 aromatic heterocycles. The molecule has 2 N–H and O–H groups in total. The Balaban J connectivity index is 1.76. The van der Waals surface area contributed by atoms with Gasteiger partial charge in [0.05, 0.1) is 7.11 Å². The molecule has 0 bridgehead atoms. The number of carbonyl (C=O) groups is 2. The number of ether oxygens (including phenoxy) is 1. The van der Waals surface area contributed by atoms with Gasteiger partial charge in [-0.2, -0.15) is 0 Å². The van der Waals surface area contributed by atoms with Gasteiger partial charge < -0.3 is 10.1 Å². The molecule has 0 saturated heterocycles. The van der Waals surface area contributed by atoms with Gasteiger partial charge in [-0.05, 0) is 16.7 Å². The first-order chi connectivity index (χ1) is 14.7. The van der Waals surface area contributed by atoms with Gasteiger partial charge in [-0.3, -0.25) is 10.1 Å². The first kappa shape index (κ1) is 21.3. The quantitative estimate of drug-likeness (QED) is 0.538. The number of hydrogen-bond donors (Lipinski definition) is 2. The van der Waals surface area contributed by atoms with Crippen LogP contribution in [0, 0.1) is 0 Å². The summed E-state index contributed by atoms with van der Waals surface area (Å²) in [5.41, 5.74) is 2.84. The summed E-state index contributed by atoms with van der Waals surface area (Å²) in [6, 6.07) is 27.5. The molecule has 154 valence electrons. The Hall–Kier alpha value is -3.44. The van der Waals surface area contributed by atoms with Crippen molar-refractivity contribution in [1.29, 1.82) is 0 Å². The van der Waals surface area contributed by atoms with Crippen LogP contribution in [0.5, 0.6) is 0 Å². The third-order valence-corrected chi connectivity index (χ3v) is 4.83. The molecule has 3 aromatic rings. The predicted molar refractivity (Wildman–Crippen MR) is 117 cm³/mol. The zero-order valence-corrected chi connectivity index (χ0v) is 17.0. The molecule has 0 heterocycles. The molecule has 0 aliphatic rings. The topological polar surface area (TPSA) is 67.4 Å². The number of benzene rings is 3. The third-order valence-electron chi connectivity index (χ3n) is 4.83. The van der Waals surface area contributed by atoms with Crippen molar-refractivity contribution < 1.29 is 14.3 Å². The first-order valence-electron chi connectivity index (χ1n) is 9.91. The number of amides is 1. The molecule has 0 saturated carbocycles. The highest BCUT2D eigenvalue weighted by Gasteiger charge is 2.27. The average Bonchev–Trinajstić information content (AvgIpc) is 2.80. The Labute approximate surface area is 177 Å². The minimum absolute atomic E-state index is 0.275. The fourth-order valence-electron chi connectivity index (χ4n) is 3.26. The van der Waals surface area contributed by atoms with E-state index in [0.29, 0.717) is 13.0 Å². The Bertz CT molecular complexity index is 930. The molecule has 0 aliphatic carbocycles. The van der Waals surface area contributed by atoms with E-state index in [1.807, 2.05) is 91.0 Å². The van der Waals surface area contributed by atoms with Crippen molar-refractivity contribution in [3.8, 4) is 0 Å². The van der Waals surface area contributed by atoms with Crippen molar-refractivity contribution in [3.63, 3.8) is 0 Å². The summed E-state index contributed by atoms with van der Waals surface area (Å²) >= 11 is 0. The average molecular weight is 402 g/mol. The fourth-order valence-corrected chi connectivity index (χ4v) is 3.26. The normalized spacial score (nSPS) is 12.6. The van der Waals surface area contributed by atoms with Crippen molar-refractivity contribution in [2.75, 3.05) is 7.11 Å². The molecule has 3 rings (SSSR count). The lowest BCUT2D eigenvalue weighted by Gasteiger charge is -2.23. The molecule has 3 aromatic carbocycles. The maximum Gasteiger partial charge on any atom is 0.328 e. The van der Waals surface area contributed by atoms with E-state index in [2.05, 4.69) is 10.6 Å². The second kappa shape index (κ2) is 10.9. The van der Waals surface area contributed by atoms with Crippen LogP contribution in [0.15, 0.2) is 91.0 Å². The zero-order chi connectivity index (χ0) is 21.2. The lowest BCUT2D eigenvalue weighted by Crippen LogP contribution is -2.47. The van der Waals surface area contributed by atoms with E-state index in [9.17, 15) is 9.59 Å². The fraction of sp³-hybridized carbons (Fsp3) is 0.200. The summed E-state index contributed by atoms with van der Waals surface area (Å²) in [6.45, 7) is 0.523. The van der Waals surface area contributed by atoms with Gasteiger partial charge in [0.2, 0.25) is 5.91 Å². The molecule has 0 radical (unpaired) electrons. The Morgan fingerprint density at radius 1 is 0.800 bits per heavy atom. The van der Waals surface area contributed by atoms with Crippen LogP contribution >= 0.6 is 0 Å². The Morgan fingerprint density at radius 2 is 1.33 bits per heavy atom. The van der Waals surface area contributed by atoms with Gasteiger partial charge >= 0.3 is 5.97 Å². The van der Waals surface area contributed by atoms with Crippen LogP contribution in [0.25, 0.3) is 0 Å². The first-order valence-corrected chi connectivity index (χ1v) is 9.91. The number of rotatable bonds is 9. The molecule has 5 nitrogen and oxygen atoms in total. The molecule has 0 fully saturated rings. The lowest BCUT2D eigenvalue weighted by atomic mass is 10.0. The summed E-state index contributed by atoms with van der Waals surface area (Å²) in [5, 5.41) is 6.19. The van der Waals surface area contributed by atoms with Crippen LogP contribution in [0.4, 0.5) is 0 Å². The largest absolute Gasteiger partial charge is 0.467 e.